The molecule has 6 heteroatoms. The number of carbonyl (C=O) groups is 2. The number of carboxylic acid groups (broad SMARTS) is 1. The molecule has 1 saturated heterocycles. The Balaban J connectivity index is 2.16. The first-order chi connectivity index (χ1) is 10.1. The molecular weight excluding hydrogens is 270 g/mol. The molecule has 0 spiro atoms. The van der Waals surface area contributed by atoms with Gasteiger partial charge in [-0.2, -0.15) is 0 Å². The normalized spacial score (nSPS) is 18.7. The molecule has 1 amide bonds. The number of carbonyl (C=O) groups excluding carboxylic acids is 1. The third-order valence-electron chi connectivity index (χ3n) is 3.54. The van der Waals surface area contributed by atoms with Gasteiger partial charge in [-0.05, 0) is 43.0 Å². The number of aliphatic carboxylic acids is 1. The number of nitrogens with one attached hydrogen (secondary N) is 1. The monoisotopic (exact) mass is 289 g/mol. The highest BCUT2D eigenvalue weighted by Crippen LogP contribution is 2.23. The molecule has 1 fully saturated rings. The molecule has 0 aromatic carbocycles. The topological polar surface area (TPSA) is 82.5 Å². The fourth-order valence-electron chi connectivity index (χ4n) is 2.48. The Bertz CT molecular complexity index is 540. The summed E-state index contributed by atoms with van der Waals surface area (Å²) in [4.78, 5) is 28.8. The van der Waals surface area contributed by atoms with Gasteiger partial charge in [-0.25, -0.2) is 9.78 Å². The molecule has 2 rings (SSSR count). The fraction of sp³-hybridized carbons (Fsp3) is 0.400. The van der Waals surface area contributed by atoms with Crippen molar-refractivity contribution < 1.29 is 14.7 Å². The molecule has 2 N–H and O–H groups in total. The molecule has 0 radical (unpaired) electrons. The summed E-state index contributed by atoms with van der Waals surface area (Å²) < 4.78 is 0. The van der Waals surface area contributed by atoms with E-state index in [4.69, 9.17) is 5.11 Å². The van der Waals surface area contributed by atoms with Crippen molar-refractivity contribution >= 4 is 23.8 Å². The molecule has 1 aliphatic rings. The Kier molecular flexibility index (Phi) is 4.92. The van der Waals surface area contributed by atoms with Crippen molar-refractivity contribution in [2.75, 3.05) is 18.5 Å². The van der Waals surface area contributed by atoms with Gasteiger partial charge in [-0.15, -0.1) is 0 Å². The number of carboxylic acids is 1. The van der Waals surface area contributed by atoms with Crippen LogP contribution >= 0.6 is 0 Å². The molecule has 0 saturated carbocycles. The number of aromatic nitrogens is 1. The summed E-state index contributed by atoms with van der Waals surface area (Å²) >= 11 is 0. The lowest BCUT2D eigenvalue weighted by molar-refractivity contribution is -0.131. The predicted octanol–water partition coefficient (Wildman–Crippen LogP) is 1.28. The van der Waals surface area contributed by atoms with Crippen LogP contribution in [-0.2, 0) is 9.59 Å². The number of nitrogens with zero attached hydrogens (tertiary/aromatic N) is 2. The van der Waals surface area contributed by atoms with Gasteiger partial charge in [0.2, 0.25) is 5.91 Å². The minimum atomic E-state index is -0.991. The molecule has 1 unspecified atom stereocenters. The van der Waals surface area contributed by atoms with Crippen LogP contribution in [0.2, 0.25) is 0 Å². The van der Waals surface area contributed by atoms with Crippen molar-refractivity contribution in [3.8, 4) is 0 Å². The Morgan fingerprint density at radius 1 is 1.43 bits per heavy atom. The Morgan fingerprint density at radius 2 is 2.24 bits per heavy atom. The summed E-state index contributed by atoms with van der Waals surface area (Å²) in [6.45, 7) is 0.801. The van der Waals surface area contributed by atoms with Crippen molar-refractivity contribution in [3.63, 3.8) is 0 Å². The molecule has 0 bridgehead atoms. The number of anilines is 1. The van der Waals surface area contributed by atoms with Crippen molar-refractivity contribution in [1.29, 1.82) is 0 Å². The first kappa shape index (κ1) is 15.0. The second-order valence-electron chi connectivity index (χ2n) is 4.94. The number of likely N-dealkylation sites (N-methyl/N-ethyl adjacent to an activating group) is 1. The van der Waals surface area contributed by atoms with Crippen LogP contribution in [-0.4, -0.2) is 41.6 Å². The van der Waals surface area contributed by atoms with Crippen LogP contribution in [0.4, 0.5) is 5.82 Å². The van der Waals surface area contributed by atoms with E-state index >= 15 is 0 Å². The highest BCUT2D eigenvalue weighted by atomic mass is 16.4. The SMILES string of the molecule is CNC(=O)C1CCCCN1c1ccc(/C=C/C(=O)O)cn1. The quantitative estimate of drug-likeness (QED) is 0.816. The largest absolute Gasteiger partial charge is 0.478 e. The van der Waals surface area contributed by atoms with Gasteiger partial charge in [-0.3, -0.25) is 4.79 Å². The highest BCUT2D eigenvalue weighted by molar-refractivity contribution is 5.86. The van der Waals surface area contributed by atoms with Gasteiger partial charge in [0, 0.05) is 25.9 Å². The van der Waals surface area contributed by atoms with Crippen LogP contribution in [0.15, 0.2) is 24.4 Å². The van der Waals surface area contributed by atoms with E-state index in [1.165, 1.54) is 6.08 Å². The van der Waals surface area contributed by atoms with Crippen molar-refractivity contribution in [3.05, 3.63) is 30.0 Å². The third kappa shape index (κ3) is 3.81. The van der Waals surface area contributed by atoms with Gasteiger partial charge in [0.05, 0.1) is 0 Å². The Morgan fingerprint density at radius 3 is 2.86 bits per heavy atom. The van der Waals surface area contributed by atoms with E-state index < -0.39 is 5.97 Å². The van der Waals surface area contributed by atoms with Gasteiger partial charge in [0.1, 0.15) is 11.9 Å². The lowest BCUT2D eigenvalue weighted by Crippen LogP contribution is -2.49. The molecular formula is C15H19N3O3. The maximum absolute atomic E-state index is 11.9. The summed E-state index contributed by atoms with van der Waals surface area (Å²) in [5.41, 5.74) is 0.717. The predicted molar refractivity (Wildman–Crippen MR) is 80.0 cm³/mol. The summed E-state index contributed by atoms with van der Waals surface area (Å²) in [5, 5.41) is 11.3. The highest BCUT2D eigenvalue weighted by Gasteiger charge is 2.28. The van der Waals surface area contributed by atoms with Crippen LogP contribution in [0, 0.1) is 0 Å². The number of hydrogen-bond donors (Lipinski definition) is 2. The van der Waals surface area contributed by atoms with Gasteiger partial charge >= 0.3 is 5.97 Å². The van der Waals surface area contributed by atoms with Crippen LogP contribution in [0.3, 0.4) is 0 Å². The zero-order valence-electron chi connectivity index (χ0n) is 12.0. The fourth-order valence-corrected chi connectivity index (χ4v) is 2.48. The number of amides is 1. The molecule has 21 heavy (non-hydrogen) atoms. The van der Waals surface area contributed by atoms with Gasteiger partial charge in [0.15, 0.2) is 0 Å². The maximum atomic E-state index is 11.9. The second kappa shape index (κ2) is 6.88. The van der Waals surface area contributed by atoms with Crippen LogP contribution in [0.25, 0.3) is 6.08 Å². The van der Waals surface area contributed by atoms with Crippen LogP contribution in [0.5, 0.6) is 0 Å². The molecule has 0 aliphatic carbocycles. The lowest BCUT2D eigenvalue weighted by atomic mass is 10.0. The zero-order chi connectivity index (χ0) is 15.2. The number of rotatable bonds is 4. The first-order valence-electron chi connectivity index (χ1n) is 6.97. The average Bonchev–Trinajstić information content (AvgIpc) is 2.52. The molecule has 1 aromatic rings. The minimum absolute atomic E-state index is 0.00588. The van der Waals surface area contributed by atoms with E-state index in [9.17, 15) is 9.59 Å². The molecule has 1 atom stereocenters. The minimum Gasteiger partial charge on any atom is -0.478 e. The standard InChI is InChI=1S/C15H19N3O3/c1-16-15(21)12-4-2-3-9-18(12)13-7-5-11(10-17-13)6-8-14(19)20/h5-8,10,12H,2-4,9H2,1H3,(H,16,21)(H,19,20)/b8-6+. The number of piperidine rings is 1. The summed E-state index contributed by atoms with van der Waals surface area (Å²) in [5.74, 6) is -0.239. The smallest absolute Gasteiger partial charge is 0.328 e. The zero-order valence-corrected chi connectivity index (χ0v) is 12.0. The summed E-state index contributed by atoms with van der Waals surface area (Å²) in [6, 6.07) is 3.44. The Labute approximate surface area is 123 Å². The van der Waals surface area contributed by atoms with E-state index in [-0.39, 0.29) is 11.9 Å². The molecule has 2 heterocycles. The first-order valence-corrected chi connectivity index (χ1v) is 6.97. The van der Waals surface area contributed by atoms with Gasteiger partial charge in [-0.1, -0.05) is 0 Å². The van der Waals surface area contributed by atoms with E-state index in [1.54, 1.807) is 19.3 Å². The van der Waals surface area contributed by atoms with E-state index in [2.05, 4.69) is 10.3 Å². The lowest BCUT2D eigenvalue weighted by Gasteiger charge is -2.35. The second-order valence-corrected chi connectivity index (χ2v) is 4.94. The van der Waals surface area contributed by atoms with Gasteiger partial charge in [0.25, 0.3) is 0 Å². The van der Waals surface area contributed by atoms with E-state index in [1.807, 2.05) is 11.0 Å². The maximum Gasteiger partial charge on any atom is 0.328 e. The molecule has 1 aromatic heterocycles. The van der Waals surface area contributed by atoms with Crippen molar-refractivity contribution in [2.24, 2.45) is 0 Å². The van der Waals surface area contributed by atoms with Gasteiger partial charge < -0.3 is 15.3 Å². The van der Waals surface area contributed by atoms with Crippen molar-refractivity contribution in [1.82, 2.24) is 10.3 Å². The number of pyridine rings is 1. The van der Waals surface area contributed by atoms with Crippen molar-refractivity contribution in [2.45, 2.75) is 25.3 Å². The summed E-state index contributed by atoms with van der Waals surface area (Å²) in [6.07, 6.45) is 7.08. The third-order valence-corrected chi connectivity index (χ3v) is 3.54. The van der Waals surface area contributed by atoms with E-state index in [0.29, 0.717) is 0 Å². The molecule has 112 valence electrons. The summed E-state index contributed by atoms with van der Waals surface area (Å²) in [7, 11) is 1.64. The Hall–Kier alpha value is -2.37. The molecule has 6 nitrogen and oxygen atoms in total. The average molecular weight is 289 g/mol. The number of hydrogen-bond acceptors (Lipinski definition) is 4. The van der Waals surface area contributed by atoms with Crippen LogP contribution in [0.1, 0.15) is 24.8 Å². The van der Waals surface area contributed by atoms with Crippen LogP contribution < -0.4 is 10.2 Å². The van der Waals surface area contributed by atoms with E-state index in [0.717, 1.165) is 43.3 Å². The molecule has 1 aliphatic heterocycles.